The first-order valence-corrected chi connectivity index (χ1v) is 15.3. The average molecular weight is 638 g/mol. The number of hydrogen-bond acceptors (Lipinski definition) is 7. The molecule has 0 saturated heterocycles. The molecule has 2 aromatic carbocycles. The maximum absolute atomic E-state index is 12.7. The van der Waals surface area contributed by atoms with Gasteiger partial charge in [-0.2, -0.15) is 0 Å². The number of fused-ring (bicyclic) bond motifs is 3. The molecule has 5 amide bonds. The lowest BCUT2D eigenvalue weighted by Gasteiger charge is -2.24. The SMILES string of the molecule is CC[C@H](C)[C@H](NC(=O)[C@H](C)NC(=O)[C@H](C)NC(=O)[C@H](C)NC(=O)[C@H](C)NC(=O)OCC1c2ccccc2-c2ccccc21)C(=O)O. The predicted octanol–water partition coefficient (Wildman–Crippen LogP) is 2.04. The highest BCUT2D eigenvalue weighted by Crippen LogP contribution is 2.44. The summed E-state index contributed by atoms with van der Waals surface area (Å²) in [5, 5.41) is 21.7. The average Bonchev–Trinajstić information content (AvgIpc) is 3.35. The van der Waals surface area contributed by atoms with Crippen molar-refractivity contribution < 1.29 is 38.6 Å². The summed E-state index contributed by atoms with van der Waals surface area (Å²) in [7, 11) is 0. The van der Waals surface area contributed by atoms with E-state index in [1.807, 2.05) is 48.5 Å². The number of rotatable bonds is 14. The normalized spacial score (nSPS) is 15.8. The molecule has 0 radical (unpaired) electrons. The largest absolute Gasteiger partial charge is 0.480 e. The summed E-state index contributed by atoms with van der Waals surface area (Å²) in [5.41, 5.74) is 4.28. The zero-order chi connectivity index (χ0) is 34.1. The van der Waals surface area contributed by atoms with E-state index in [0.717, 1.165) is 22.3 Å². The molecule has 2 aromatic rings. The lowest BCUT2D eigenvalue weighted by atomic mass is 9.98. The van der Waals surface area contributed by atoms with E-state index in [0.29, 0.717) is 6.42 Å². The molecule has 0 heterocycles. The van der Waals surface area contributed by atoms with E-state index < -0.39 is 65.9 Å². The summed E-state index contributed by atoms with van der Waals surface area (Å²) in [5.74, 6) is -4.34. The van der Waals surface area contributed by atoms with Crippen LogP contribution in [0.15, 0.2) is 48.5 Å². The molecule has 13 heteroatoms. The number of aliphatic carboxylic acids is 1. The van der Waals surface area contributed by atoms with Crippen LogP contribution in [-0.4, -0.2) is 77.6 Å². The van der Waals surface area contributed by atoms with Gasteiger partial charge in [0.1, 0.15) is 36.8 Å². The molecule has 0 aliphatic heterocycles. The summed E-state index contributed by atoms with van der Waals surface area (Å²) in [6.07, 6.45) is -0.260. The van der Waals surface area contributed by atoms with Crippen LogP contribution in [0.1, 0.15) is 65.0 Å². The van der Waals surface area contributed by atoms with Gasteiger partial charge in [-0.1, -0.05) is 68.8 Å². The fourth-order valence-corrected chi connectivity index (χ4v) is 5.06. The van der Waals surface area contributed by atoms with Gasteiger partial charge in [0.25, 0.3) is 0 Å². The highest BCUT2D eigenvalue weighted by Gasteiger charge is 2.31. The molecule has 248 valence electrons. The Bertz CT molecular complexity index is 1420. The predicted molar refractivity (Wildman–Crippen MR) is 170 cm³/mol. The molecule has 0 unspecified atom stereocenters. The smallest absolute Gasteiger partial charge is 0.407 e. The Kier molecular flexibility index (Phi) is 12.3. The van der Waals surface area contributed by atoms with Crippen LogP contribution in [0.3, 0.4) is 0 Å². The van der Waals surface area contributed by atoms with E-state index in [-0.39, 0.29) is 18.4 Å². The molecule has 6 N–H and O–H groups in total. The fourth-order valence-electron chi connectivity index (χ4n) is 5.06. The van der Waals surface area contributed by atoms with Crippen molar-refractivity contribution >= 4 is 35.7 Å². The van der Waals surface area contributed by atoms with Gasteiger partial charge in [0.15, 0.2) is 0 Å². The number of amides is 5. The third kappa shape index (κ3) is 8.83. The molecule has 0 fully saturated rings. The molecule has 0 aromatic heterocycles. The Morgan fingerprint density at radius 1 is 0.652 bits per heavy atom. The number of carboxylic acid groups (broad SMARTS) is 1. The van der Waals surface area contributed by atoms with Crippen molar-refractivity contribution in [2.24, 2.45) is 5.92 Å². The highest BCUT2D eigenvalue weighted by atomic mass is 16.5. The number of carbonyl (C=O) groups excluding carboxylic acids is 5. The first kappa shape index (κ1) is 35.5. The van der Waals surface area contributed by atoms with Crippen LogP contribution in [0, 0.1) is 5.92 Å². The maximum Gasteiger partial charge on any atom is 0.407 e. The number of carboxylic acids is 1. The molecular formula is C33H43N5O8. The monoisotopic (exact) mass is 637 g/mol. The second-order valence-electron chi connectivity index (χ2n) is 11.6. The van der Waals surface area contributed by atoms with Crippen molar-refractivity contribution in [3.05, 3.63) is 59.7 Å². The summed E-state index contributed by atoms with van der Waals surface area (Å²) < 4.78 is 5.48. The van der Waals surface area contributed by atoms with Crippen molar-refractivity contribution in [3.63, 3.8) is 0 Å². The van der Waals surface area contributed by atoms with Crippen LogP contribution < -0.4 is 26.6 Å². The Labute approximate surface area is 268 Å². The number of carbonyl (C=O) groups is 6. The molecular weight excluding hydrogens is 594 g/mol. The lowest BCUT2D eigenvalue weighted by molar-refractivity contribution is -0.143. The quantitative estimate of drug-likeness (QED) is 0.181. The van der Waals surface area contributed by atoms with Crippen LogP contribution in [0.4, 0.5) is 4.79 Å². The lowest BCUT2D eigenvalue weighted by Crippen LogP contribution is -2.57. The van der Waals surface area contributed by atoms with E-state index in [1.165, 1.54) is 27.7 Å². The van der Waals surface area contributed by atoms with Crippen LogP contribution in [0.2, 0.25) is 0 Å². The number of nitrogens with one attached hydrogen (secondary N) is 5. The zero-order valence-electron chi connectivity index (χ0n) is 26.9. The third-order valence-electron chi connectivity index (χ3n) is 8.10. The van der Waals surface area contributed by atoms with Gasteiger partial charge in [0, 0.05) is 5.92 Å². The number of alkyl carbamates (subject to hydrolysis) is 1. The van der Waals surface area contributed by atoms with Crippen molar-refractivity contribution in [3.8, 4) is 11.1 Å². The Hall–Kier alpha value is -4.94. The number of benzene rings is 2. The molecule has 0 spiro atoms. The first-order chi connectivity index (χ1) is 21.7. The van der Waals surface area contributed by atoms with Crippen LogP contribution in [0.5, 0.6) is 0 Å². The van der Waals surface area contributed by atoms with E-state index >= 15 is 0 Å². The van der Waals surface area contributed by atoms with Gasteiger partial charge in [-0.05, 0) is 55.9 Å². The molecule has 0 bridgehead atoms. The van der Waals surface area contributed by atoms with Gasteiger partial charge in [0.2, 0.25) is 23.6 Å². The molecule has 1 aliphatic carbocycles. The molecule has 0 saturated carbocycles. The van der Waals surface area contributed by atoms with E-state index in [4.69, 9.17) is 4.74 Å². The highest BCUT2D eigenvalue weighted by molar-refractivity contribution is 5.95. The van der Waals surface area contributed by atoms with Gasteiger partial charge >= 0.3 is 12.1 Å². The maximum atomic E-state index is 12.7. The second kappa shape index (κ2) is 15.9. The molecule has 6 atom stereocenters. The fraction of sp³-hybridized carbons (Fsp3) is 0.455. The third-order valence-corrected chi connectivity index (χ3v) is 8.10. The minimum atomic E-state index is -1.18. The van der Waals surface area contributed by atoms with Gasteiger partial charge in [-0.3, -0.25) is 19.2 Å². The Morgan fingerprint density at radius 2 is 1.04 bits per heavy atom. The van der Waals surface area contributed by atoms with Crippen molar-refractivity contribution in [1.29, 1.82) is 0 Å². The van der Waals surface area contributed by atoms with Crippen molar-refractivity contribution in [1.82, 2.24) is 26.6 Å². The van der Waals surface area contributed by atoms with Gasteiger partial charge in [0.05, 0.1) is 0 Å². The van der Waals surface area contributed by atoms with E-state index in [1.54, 1.807) is 13.8 Å². The molecule has 3 rings (SSSR count). The minimum Gasteiger partial charge on any atom is -0.480 e. The van der Waals surface area contributed by atoms with Gasteiger partial charge in [-0.15, -0.1) is 0 Å². The molecule has 13 nitrogen and oxygen atoms in total. The number of ether oxygens (including phenoxy) is 1. The topological polar surface area (TPSA) is 192 Å². The molecule has 46 heavy (non-hydrogen) atoms. The standard InChI is InChI=1S/C33H43N5O8/c1-7-17(2)27(32(43)44)38-31(42)20(5)36-29(40)18(3)34-28(39)19(4)35-30(41)21(6)37-33(45)46-16-26-24-14-10-8-12-22(24)23-13-9-11-15-25(23)26/h8-15,17-21,26-27H,7,16H2,1-6H3,(H,34,39)(H,35,41)(H,36,40)(H,37,45)(H,38,42)(H,43,44)/t17-,18-,19-,20-,21-,27-/m0/s1. The Balaban J connectivity index is 1.44. The second-order valence-corrected chi connectivity index (χ2v) is 11.6. The Morgan fingerprint density at radius 3 is 1.46 bits per heavy atom. The molecule has 1 aliphatic rings. The van der Waals surface area contributed by atoms with E-state index in [2.05, 4.69) is 26.6 Å². The van der Waals surface area contributed by atoms with Crippen LogP contribution in [-0.2, 0) is 28.7 Å². The summed E-state index contributed by atoms with van der Waals surface area (Å²) in [6, 6.07) is 10.5. The minimum absolute atomic E-state index is 0.0746. The zero-order valence-corrected chi connectivity index (χ0v) is 26.9. The van der Waals surface area contributed by atoms with Crippen molar-refractivity contribution in [2.75, 3.05) is 6.61 Å². The van der Waals surface area contributed by atoms with E-state index in [9.17, 15) is 33.9 Å². The van der Waals surface area contributed by atoms with Crippen LogP contribution >= 0.6 is 0 Å². The number of hydrogen-bond donors (Lipinski definition) is 6. The summed E-state index contributed by atoms with van der Waals surface area (Å²) in [4.78, 5) is 74.5. The summed E-state index contributed by atoms with van der Waals surface area (Å²) in [6.45, 7) is 9.21. The van der Waals surface area contributed by atoms with Crippen LogP contribution in [0.25, 0.3) is 11.1 Å². The summed E-state index contributed by atoms with van der Waals surface area (Å²) >= 11 is 0. The van der Waals surface area contributed by atoms with Crippen molar-refractivity contribution in [2.45, 2.75) is 84.1 Å². The van der Waals surface area contributed by atoms with Gasteiger partial charge in [-0.25, -0.2) is 9.59 Å². The van der Waals surface area contributed by atoms with Gasteiger partial charge < -0.3 is 36.4 Å². The first-order valence-electron chi connectivity index (χ1n) is 15.3.